The molecule has 1 aromatic rings. The fourth-order valence-corrected chi connectivity index (χ4v) is 2.52. The fourth-order valence-electron chi connectivity index (χ4n) is 2.52. The van der Waals surface area contributed by atoms with Crippen molar-refractivity contribution in [2.45, 2.75) is 51.8 Å². The van der Waals surface area contributed by atoms with E-state index in [-0.39, 0.29) is 6.61 Å². The van der Waals surface area contributed by atoms with E-state index in [9.17, 15) is 0 Å². The molecule has 0 amide bonds. The van der Waals surface area contributed by atoms with Gasteiger partial charge in [0.05, 0.1) is 24.0 Å². The summed E-state index contributed by atoms with van der Waals surface area (Å²) in [6, 6.07) is 2.97. The lowest BCUT2D eigenvalue weighted by molar-refractivity contribution is 0.109. The Bertz CT molecular complexity index is 335. The van der Waals surface area contributed by atoms with Crippen LogP contribution in [0.25, 0.3) is 0 Å². The molecule has 0 radical (unpaired) electrons. The highest BCUT2D eigenvalue weighted by Crippen LogP contribution is 2.31. The van der Waals surface area contributed by atoms with Crippen LogP contribution < -0.4 is 0 Å². The molecular weight excluding hydrogens is 202 g/mol. The first-order chi connectivity index (χ1) is 7.72. The minimum Gasteiger partial charge on any atom is -0.390 e. The standard InChI is InChI=1S/C12H21N3O/c1-9(2)15-6-4-3-5-12(15)11-7-10(8-16)13-14-11/h7,9,12,16H,3-6,8H2,1-2H3,(H,13,14)/t12-/m1/s1. The third-order valence-corrected chi connectivity index (χ3v) is 3.37. The summed E-state index contributed by atoms with van der Waals surface area (Å²) in [4.78, 5) is 2.50. The number of aliphatic hydroxyl groups is 1. The van der Waals surface area contributed by atoms with Crippen LogP contribution in [0.15, 0.2) is 6.07 Å². The average Bonchev–Trinajstić information content (AvgIpc) is 2.77. The van der Waals surface area contributed by atoms with E-state index >= 15 is 0 Å². The van der Waals surface area contributed by atoms with Gasteiger partial charge in [0, 0.05) is 6.04 Å². The molecule has 4 heteroatoms. The van der Waals surface area contributed by atoms with Gasteiger partial charge >= 0.3 is 0 Å². The summed E-state index contributed by atoms with van der Waals surface area (Å²) in [5, 5.41) is 16.2. The summed E-state index contributed by atoms with van der Waals surface area (Å²) >= 11 is 0. The summed E-state index contributed by atoms with van der Waals surface area (Å²) in [5.74, 6) is 0. The molecule has 2 N–H and O–H groups in total. The second kappa shape index (κ2) is 4.97. The number of hydrogen-bond donors (Lipinski definition) is 2. The van der Waals surface area contributed by atoms with E-state index in [0.29, 0.717) is 12.1 Å². The van der Waals surface area contributed by atoms with Crippen LogP contribution in [0.2, 0.25) is 0 Å². The smallest absolute Gasteiger partial charge is 0.0847 e. The average molecular weight is 223 g/mol. The molecule has 1 aliphatic rings. The monoisotopic (exact) mass is 223 g/mol. The molecule has 4 nitrogen and oxygen atoms in total. The summed E-state index contributed by atoms with van der Waals surface area (Å²) in [6.07, 6.45) is 3.73. The van der Waals surface area contributed by atoms with E-state index in [4.69, 9.17) is 5.11 Å². The minimum atomic E-state index is 0.0431. The highest BCUT2D eigenvalue weighted by atomic mass is 16.3. The number of nitrogens with one attached hydrogen (secondary N) is 1. The van der Waals surface area contributed by atoms with Crippen molar-refractivity contribution in [3.63, 3.8) is 0 Å². The SMILES string of the molecule is CC(C)N1CCCC[C@@H]1c1cc(CO)[nH]n1. The molecule has 90 valence electrons. The number of nitrogens with zero attached hydrogens (tertiary/aromatic N) is 2. The Balaban J connectivity index is 2.16. The van der Waals surface area contributed by atoms with Crippen LogP contribution in [0.1, 0.15) is 50.5 Å². The van der Waals surface area contributed by atoms with Crippen LogP contribution in [0.5, 0.6) is 0 Å². The highest BCUT2D eigenvalue weighted by Gasteiger charge is 2.27. The first kappa shape index (κ1) is 11.6. The molecular formula is C12H21N3O. The van der Waals surface area contributed by atoms with Crippen molar-refractivity contribution in [1.82, 2.24) is 15.1 Å². The molecule has 16 heavy (non-hydrogen) atoms. The van der Waals surface area contributed by atoms with Crippen LogP contribution in [-0.2, 0) is 6.61 Å². The lowest BCUT2D eigenvalue weighted by Crippen LogP contribution is -2.38. The third-order valence-electron chi connectivity index (χ3n) is 3.37. The minimum absolute atomic E-state index is 0.0431. The molecule has 1 aliphatic heterocycles. The van der Waals surface area contributed by atoms with Crippen molar-refractivity contribution in [2.75, 3.05) is 6.54 Å². The Labute approximate surface area is 96.7 Å². The van der Waals surface area contributed by atoms with Crippen molar-refractivity contribution in [1.29, 1.82) is 0 Å². The predicted molar refractivity (Wildman–Crippen MR) is 62.9 cm³/mol. The number of aromatic amines is 1. The van der Waals surface area contributed by atoms with Crippen LogP contribution in [0.4, 0.5) is 0 Å². The van der Waals surface area contributed by atoms with Gasteiger partial charge in [0.1, 0.15) is 0 Å². The van der Waals surface area contributed by atoms with Gasteiger partial charge in [0.25, 0.3) is 0 Å². The van der Waals surface area contributed by atoms with Crippen LogP contribution >= 0.6 is 0 Å². The van der Waals surface area contributed by atoms with E-state index < -0.39 is 0 Å². The molecule has 0 unspecified atom stereocenters. The molecule has 1 atom stereocenters. The third kappa shape index (κ3) is 2.28. The molecule has 0 spiro atoms. The topological polar surface area (TPSA) is 52.1 Å². The summed E-state index contributed by atoms with van der Waals surface area (Å²) in [7, 11) is 0. The van der Waals surface area contributed by atoms with E-state index in [0.717, 1.165) is 17.9 Å². The Morgan fingerprint density at radius 3 is 3.00 bits per heavy atom. The van der Waals surface area contributed by atoms with Gasteiger partial charge in [-0.25, -0.2) is 0 Å². The van der Waals surface area contributed by atoms with Crippen molar-refractivity contribution < 1.29 is 5.11 Å². The first-order valence-corrected chi connectivity index (χ1v) is 6.13. The van der Waals surface area contributed by atoms with E-state index in [1.165, 1.54) is 19.3 Å². The molecule has 0 saturated carbocycles. The highest BCUT2D eigenvalue weighted by molar-refractivity contribution is 5.13. The van der Waals surface area contributed by atoms with E-state index in [2.05, 4.69) is 28.9 Å². The second-order valence-corrected chi connectivity index (χ2v) is 4.82. The van der Waals surface area contributed by atoms with Crippen LogP contribution in [-0.4, -0.2) is 32.8 Å². The molecule has 1 aromatic heterocycles. The summed E-state index contributed by atoms with van der Waals surface area (Å²) < 4.78 is 0. The number of H-pyrrole nitrogens is 1. The zero-order valence-corrected chi connectivity index (χ0v) is 10.1. The first-order valence-electron chi connectivity index (χ1n) is 6.13. The Hall–Kier alpha value is -0.870. The fraction of sp³-hybridized carbons (Fsp3) is 0.750. The lowest BCUT2D eigenvalue weighted by atomic mass is 9.97. The van der Waals surface area contributed by atoms with Gasteiger partial charge in [0.15, 0.2) is 0 Å². The largest absolute Gasteiger partial charge is 0.390 e. The van der Waals surface area contributed by atoms with Gasteiger partial charge in [-0.1, -0.05) is 6.42 Å². The molecule has 2 heterocycles. The van der Waals surface area contributed by atoms with Crippen LogP contribution in [0.3, 0.4) is 0 Å². The Morgan fingerprint density at radius 2 is 2.38 bits per heavy atom. The van der Waals surface area contributed by atoms with Gasteiger partial charge in [0.2, 0.25) is 0 Å². The van der Waals surface area contributed by atoms with Gasteiger partial charge < -0.3 is 5.11 Å². The Kier molecular flexibility index (Phi) is 3.61. The van der Waals surface area contributed by atoms with Gasteiger partial charge in [-0.2, -0.15) is 5.10 Å². The van der Waals surface area contributed by atoms with Crippen molar-refractivity contribution >= 4 is 0 Å². The van der Waals surface area contributed by atoms with Crippen molar-refractivity contribution in [3.05, 3.63) is 17.5 Å². The number of likely N-dealkylation sites (tertiary alicyclic amines) is 1. The Morgan fingerprint density at radius 1 is 1.56 bits per heavy atom. The number of hydrogen-bond acceptors (Lipinski definition) is 3. The number of aromatic nitrogens is 2. The molecule has 2 rings (SSSR count). The molecule has 1 fully saturated rings. The lowest BCUT2D eigenvalue weighted by Gasteiger charge is -2.37. The quantitative estimate of drug-likeness (QED) is 0.822. The van der Waals surface area contributed by atoms with Crippen molar-refractivity contribution in [3.8, 4) is 0 Å². The predicted octanol–water partition coefficient (Wildman–Crippen LogP) is 1.84. The van der Waals surface area contributed by atoms with Crippen LogP contribution in [0, 0.1) is 0 Å². The zero-order chi connectivity index (χ0) is 11.5. The van der Waals surface area contributed by atoms with Gasteiger partial charge in [-0.3, -0.25) is 10.00 Å². The van der Waals surface area contributed by atoms with Crippen molar-refractivity contribution in [2.24, 2.45) is 0 Å². The van der Waals surface area contributed by atoms with Gasteiger partial charge in [-0.05, 0) is 39.3 Å². The molecule has 0 aliphatic carbocycles. The maximum Gasteiger partial charge on any atom is 0.0847 e. The number of piperidine rings is 1. The molecule has 0 aromatic carbocycles. The van der Waals surface area contributed by atoms with E-state index in [1.54, 1.807) is 0 Å². The number of aliphatic hydroxyl groups excluding tert-OH is 1. The second-order valence-electron chi connectivity index (χ2n) is 4.82. The summed E-state index contributed by atoms with van der Waals surface area (Å²) in [5.41, 5.74) is 1.89. The number of rotatable bonds is 3. The molecule has 0 bridgehead atoms. The maximum atomic E-state index is 9.04. The van der Waals surface area contributed by atoms with Gasteiger partial charge in [-0.15, -0.1) is 0 Å². The maximum absolute atomic E-state index is 9.04. The van der Waals surface area contributed by atoms with E-state index in [1.807, 2.05) is 6.07 Å². The normalized spacial score (nSPS) is 22.9. The zero-order valence-electron chi connectivity index (χ0n) is 10.1. The summed E-state index contributed by atoms with van der Waals surface area (Å²) in [6.45, 7) is 5.67. The molecule has 1 saturated heterocycles.